The average molecular weight is 371 g/mol. The number of benzene rings is 2. The summed E-state index contributed by atoms with van der Waals surface area (Å²) in [5, 5.41) is 19.2. The summed E-state index contributed by atoms with van der Waals surface area (Å²) in [4.78, 5) is 4.63. The smallest absolute Gasteiger partial charge is 0.256 e. The molecule has 0 unspecified atom stereocenters. The lowest BCUT2D eigenvalue weighted by molar-refractivity contribution is 0.0310. The number of rotatable bonds is 9. The van der Waals surface area contributed by atoms with Crippen molar-refractivity contribution in [1.29, 1.82) is 0 Å². The van der Waals surface area contributed by atoms with E-state index in [2.05, 4.69) is 4.98 Å². The van der Waals surface area contributed by atoms with E-state index in [0.717, 1.165) is 16.8 Å². The molecule has 0 aliphatic heterocycles. The van der Waals surface area contributed by atoms with Gasteiger partial charge in [-0.3, -0.25) is 0 Å². The first kappa shape index (κ1) is 18.7. The van der Waals surface area contributed by atoms with Crippen molar-refractivity contribution in [2.45, 2.75) is 11.3 Å². The first-order chi connectivity index (χ1) is 12.8. The second-order valence-corrected chi connectivity index (χ2v) is 6.62. The number of oxazole rings is 1. The van der Waals surface area contributed by atoms with Gasteiger partial charge in [-0.25, -0.2) is 4.98 Å². The van der Waals surface area contributed by atoms with E-state index < -0.39 is 6.10 Å². The van der Waals surface area contributed by atoms with E-state index in [1.54, 1.807) is 0 Å². The van der Waals surface area contributed by atoms with Crippen molar-refractivity contribution in [3.05, 3.63) is 60.7 Å². The minimum atomic E-state index is -0.654. The van der Waals surface area contributed by atoms with Gasteiger partial charge in [-0.05, 0) is 0 Å². The number of ether oxygens (including phenoxy) is 1. The summed E-state index contributed by atoms with van der Waals surface area (Å²) < 4.78 is 11.1. The minimum absolute atomic E-state index is 0.0551. The number of aliphatic hydroxyl groups is 2. The molecule has 0 spiro atoms. The van der Waals surface area contributed by atoms with Gasteiger partial charge in [0.05, 0.1) is 25.9 Å². The van der Waals surface area contributed by atoms with Crippen LogP contribution in [-0.2, 0) is 4.74 Å². The van der Waals surface area contributed by atoms with Gasteiger partial charge in [0, 0.05) is 16.9 Å². The molecule has 0 fully saturated rings. The van der Waals surface area contributed by atoms with Crippen LogP contribution in [0.15, 0.2) is 70.3 Å². The van der Waals surface area contributed by atoms with Gasteiger partial charge in [-0.2, -0.15) is 0 Å². The fourth-order valence-electron chi connectivity index (χ4n) is 2.44. The number of aromatic nitrogens is 1. The van der Waals surface area contributed by atoms with Gasteiger partial charge in [0.2, 0.25) is 0 Å². The predicted molar refractivity (Wildman–Crippen MR) is 102 cm³/mol. The van der Waals surface area contributed by atoms with Crippen molar-refractivity contribution >= 4 is 11.8 Å². The highest BCUT2D eigenvalue weighted by Crippen LogP contribution is 2.35. The molecule has 3 rings (SSSR count). The molecule has 0 radical (unpaired) electrons. The van der Waals surface area contributed by atoms with Gasteiger partial charge in [-0.15, -0.1) is 0 Å². The maximum absolute atomic E-state index is 9.95. The summed E-state index contributed by atoms with van der Waals surface area (Å²) in [7, 11) is 0. The van der Waals surface area contributed by atoms with Crippen molar-refractivity contribution in [3.63, 3.8) is 0 Å². The van der Waals surface area contributed by atoms with Crippen LogP contribution in [0.1, 0.15) is 0 Å². The van der Waals surface area contributed by atoms with E-state index in [4.69, 9.17) is 14.3 Å². The van der Waals surface area contributed by atoms with E-state index in [0.29, 0.717) is 16.7 Å². The Morgan fingerprint density at radius 3 is 2.31 bits per heavy atom. The Labute approximate surface area is 156 Å². The molecule has 0 aliphatic carbocycles. The molecule has 0 amide bonds. The van der Waals surface area contributed by atoms with Crippen LogP contribution in [0.25, 0.3) is 22.6 Å². The zero-order chi connectivity index (χ0) is 18.2. The zero-order valence-corrected chi connectivity index (χ0v) is 15.1. The summed E-state index contributed by atoms with van der Waals surface area (Å²) in [6.07, 6.45) is -0.654. The van der Waals surface area contributed by atoms with E-state index >= 15 is 0 Å². The Bertz CT molecular complexity index is 735. The molecule has 1 atom stereocenters. The maximum Gasteiger partial charge on any atom is 0.256 e. The second-order valence-electron chi connectivity index (χ2n) is 5.65. The van der Waals surface area contributed by atoms with Gasteiger partial charge in [0.15, 0.2) is 5.76 Å². The summed E-state index contributed by atoms with van der Waals surface area (Å²) in [5.74, 6) is 1.11. The number of nitrogens with zero attached hydrogens (tertiary/aromatic N) is 1. The Morgan fingerprint density at radius 2 is 1.65 bits per heavy atom. The van der Waals surface area contributed by atoms with E-state index in [-0.39, 0.29) is 19.8 Å². The Balaban J connectivity index is 1.79. The standard InChI is InChI=1S/C20H21NO4S/c22-11-12-24-13-17(23)14-26-20-21-18(15-7-3-1-4-8-15)19(25-20)16-9-5-2-6-10-16/h1-10,17,22-23H,11-14H2/t17-/m1/s1. The van der Waals surface area contributed by atoms with Gasteiger partial charge >= 0.3 is 0 Å². The first-order valence-electron chi connectivity index (χ1n) is 8.39. The van der Waals surface area contributed by atoms with Crippen LogP contribution >= 0.6 is 11.8 Å². The van der Waals surface area contributed by atoms with Gasteiger partial charge in [0.1, 0.15) is 5.69 Å². The van der Waals surface area contributed by atoms with E-state index in [9.17, 15) is 5.11 Å². The normalized spacial score (nSPS) is 12.2. The van der Waals surface area contributed by atoms with Crippen LogP contribution in [0.2, 0.25) is 0 Å². The van der Waals surface area contributed by atoms with Crippen LogP contribution < -0.4 is 0 Å². The average Bonchev–Trinajstić information content (AvgIpc) is 3.12. The number of thioether (sulfide) groups is 1. The van der Waals surface area contributed by atoms with Gasteiger partial charge in [0.25, 0.3) is 5.22 Å². The second kappa shape index (κ2) is 9.54. The molecule has 2 aromatic carbocycles. The van der Waals surface area contributed by atoms with Crippen LogP contribution in [0, 0.1) is 0 Å². The van der Waals surface area contributed by atoms with Crippen LogP contribution in [-0.4, -0.2) is 46.9 Å². The molecule has 1 heterocycles. The highest BCUT2D eigenvalue weighted by molar-refractivity contribution is 7.99. The third kappa shape index (κ3) is 4.95. The van der Waals surface area contributed by atoms with Crippen molar-refractivity contribution in [2.75, 3.05) is 25.6 Å². The molecule has 0 saturated heterocycles. The first-order valence-corrected chi connectivity index (χ1v) is 9.37. The van der Waals surface area contributed by atoms with Crippen molar-refractivity contribution in [2.24, 2.45) is 0 Å². The molecule has 1 aromatic heterocycles. The predicted octanol–water partition coefficient (Wildman–Crippen LogP) is 3.47. The minimum Gasteiger partial charge on any atom is -0.431 e. The maximum atomic E-state index is 9.95. The largest absolute Gasteiger partial charge is 0.431 e. The Morgan fingerprint density at radius 1 is 1.00 bits per heavy atom. The van der Waals surface area contributed by atoms with Crippen LogP contribution in [0.3, 0.4) is 0 Å². The SMILES string of the molecule is OCCOC[C@@H](O)CSc1nc(-c2ccccc2)c(-c2ccccc2)o1. The quantitative estimate of drug-likeness (QED) is 0.443. The molecule has 26 heavy (non-hydrogen) atoms. The lowest BCUT2D eigenvalue weighted by Gasteiger charge is -2.08. The Kier molecular flexibility index (Phi) is 6.85. The molecular weight excluding hydrogens is 350 g/mol. The molecule has 3 aromatic rings. The van der Waals surface area contributed by atoms with E-state index in [1.807, 2.05) is 60.7 Å². The highest BCUT2D eigenvalue weighted by atomic mass is 32.2. The number of aliphatic hydroxyl groups excluding tert-OH is 2. The third-order valence-electron chi connectivity index (χ3n) is 3.64. The number of hydrogen-bond acceptors (Lipinski definition) is 6. The lowest BCUT2D eigenvalue weighted by Crippen LogP contribution is -2.19. The fraction of sp³-hybridized carbons (Fsp3) is 0.250. The summed E-state index contributed by atoms with van der Waals surface area (Å²) in [5.41, 5.74) is 2.72. The van der Waals surface area contributed by atoms with Gasteiger partial charge < -0.3 is 19.4 Å². The van der Waals surface area contributed by atoms with Crippen LogP contribution in [0.5, 0.6) is 0 Å². The molecule has 0 saturated carbocycles. The van der Waals surface area contributed by atoms with Crippen molar-refractivity contribution in [1.82, 2.24) is 4.98 Å². The molecule has 0 aliphatic rings. The molecule has 136 valence electrons. The summed E-state index contributed by atoms with van der Waals surface area (Å²) in [6.45, 7) is 0.336. The zero-order valence-electron chi connectivity index (χ0n) is 14.2. The fourth-order valence-corrected chi connectivity index (χ4v) is 3.17. The van der Waals surface area contributed by atoms with Crippen molar-refractivity contribution < 1.29 is 19.4 Å². The molecular formula is C20H21NO4S. The summed E-state index contributed by atoms with van der Waals surface area (Å²) in [6, 6.07) is 19.7. The van der Waals surface area contributed by atoms with Crippen molar-refractivity contribution in [3.8, 4) is 22.6 Å². The number of hydrogen-bond donors (Lipinski definition) is 2. The third-order valence-corrected chi connectivity index (χ3v) is 4.61. The van der Waals surface area contributed by atoms with Gasteiger partial charge in [-0.1, -0.05) is 72.4 Å². The van der Waals surface area contributed by atoms with Crippen LogP contribution in [0.4, 0.5) is 0 Å². The molecule has 5 nitrogen and oxygen atoms in total. The highest BCUT2D eigenvalue weighted by Gasteiger charge is 2.18. The molecule has 6 heteroatoms. The summed E-state index contributed by atoms with van der Waals surface area (Å²) >= 11 is 1.34. The Hall–Kier alpha value is -2.12. The molecule has 2 N–H and O–H groups in total. The molecule has 0 bridgehead atoms. The topological polar surface area (TPSA) is 75.7 Å². The van der Waals surface area contributed by atoms with E-state index in [1.165, 1.54) is 11.8 Å². The lowest BCUT2D eigenvalue weighted by atomic mass is 10.1. The monoisotopic (exact) mass is 371 g/mol.